The Morgan fingerprint density at radius 3 is 2.47 bits per heavy atom. The molecule has 2 aliphatic heterocycles. The van der Waals surface area contributed by atoms with Gasteiger partial charge in [0.25, 0.3) is 11.7 Å². The fourth-order valence-corrected chi connectivity index (χ4v) is 4.17. The molecule has 2 heterocycles. The van der Waals surface area contributed by atoms with E-state index in [4.69, 9.17) is 14.2 Å². The van der Waals surface area contributed by atoms with Crippen molar-refractivity contribution in [2.45, 2.75) is 6.04 Å². The van der Waals surface area contributed by atoms with E-state index >= 15 is 0 Å². The van der Waals surface area contributed by atoms with E-state index in [0.29, 0.717) is 47.3 Å². The first-order chi connectivity index (χ1) is 16.5. The minimum atomic E-state index is -0.964. The summed E-state index contributed by atoms with van der Waals surface area (Å²) in [6, 6.07) is 15.9. The molecule has 0 radical (unpaired) electrons. The molecule has 0 aromatic heterocycles. The maximum Gasteiger partial charge on any atom is 0.300 e. The highest BCUT2D eigenvalue weighted by Crippen LogP contribution is 2.43. The fraction of sp³-hybridized carbons (Fsp3) is 0.154. The molecule has 1 fully saturated rings. The predicted octanol–water partition coefficient (Wildman–Crippen LogP) is 4.23. The van der Waals surface area contributed by atoms with Crippen LogP contribution in [-0.2, 0) is 9.59 Å². The average Bonchev–Trinajstić information content (AvgIpc) is 3.14. The quantitative estimate of drug-likeness (QED) is 0.356. The Kier molecular flexibility index (Phi) is 5.41. The molecule has 1 atom stereocenters. The molecule has 8 heteroatoms. The van der Waals surface area contributed by atoms with Gasteiger partial charge in [-0.25, -0.2) is 4.39 Å². The lowest BCUT2D eigenvalue weighted by Gasteiger charge is -2.26. The topological polar surface area (TPSA) is 85.3 Å². The van der Waals surface area contributed by atoms with Crippen LogP contribution >= 0.6 is 0 Å². The number of nitrogens with zero attached hydrogens (tertiary/aromatic N) is 1. The number of methoxy groups -OCH3 is 1. The molecular weight excluding hydrogens is 441 g/mol. The van der Waals surface area contributed by atoms with Gasteiger partial charge in [-0.2, -0.15) is 0 Å². The zero-order valence-corrected chi connectivity index (χ0v) is 18.2. The number of anilines is 1. The number of fused-ring (bicyclic) bond motifs is 1. The summed E-state index contributed by atoms with van der Waals surface area (Å²) in [5.41, 5.74) is 1.06. The lowest BCUT2D eigenvalue weighted by molar-refractivity contribution is -0.132. The highest BCUT2D eigenvalue weighted by molar-refractivity contribution is 6.51. The fourth-order valence-electron chi connectivity index (χ4n) is 4.17. The highest BCUT2D eigenvalue weighted by atomic mass is 19.1. The van der Waals surface area contributed by atoms with Crippen molar-refractivity contribution >= 4 is 23.1 Å². The number of carbonyl (C=O) groups is 2. The summed E-state index contributed by atoms with van der Waals surface area (Å²) in [6.07, 6.45) is 0. The van der Waals surface area contributed by atoms with Gasteiger partial charge < -0.3 is 19.3 Å². The van der Waals surface area contributed by atoms with Crippen LogP contribution in [0.4, 0.5) is 10.1 Å². The molecule has 0 aliphatic carbocycles. The molecule has 1 saturated heterocycles. The molecule has 3 aromatic rings. The van der Waals surface area contributed by atoms with E-state index in [-0.39, 0.29) is 11.3 Å². The number of amides is 1. The van der Waals surface area contributed by atoms with Gasteiger partial charge in [-0.15, -0.1) is 0 Å². The number of aliphatic hydroxyl groups excluding tert-OH is 1. The van der Waals surface area contributed by atoms with Crippen LogP contribution in [0.5, 0.6) is 17.2 Å². The summed E-state index contributed by atoms with van der Waals surface area (Å²) in [4.78, 5) is 27.6. The third kappa shape index (κ3) is 3.63. The third-order valence-electron chi connectivity index (χ3n) is 5.77. The maximum atomic E-state index is 13.6. The lowest BCUT2D eigenvalue weighted by Crippen LogP contribution is -2.29. The summed E-state index contributed by atoms with van der Waals surface area (Å²) in [5.74, 6) is -1.05. The predicted molar refractivity (Wildman–Crippen MR) is 122 cm³/mol. The Bertz CT molecular complexity index is 1320. The van der Waals surface area contributed by atoms with E-state index in [1.54, 1.807) is 42.5 Å². The first kappa shape index (κ1) is 21.5. The van der Waals surface area contributed by atoms with Gasteiger partial charge in [-0.3, -0.25) is 14.5 Å². The van der Waals surface area contributed by atoms with Gasteiger partial charge in [0, 0.05) is 11.3 Å². The second-order valence-electron chi connectivity index (χ2n) is 7.78. The molecule has 34 heavy (non-hydrogen) atoms. The molecular formula is C26H20FNO6. The SMILES string of the molecule is COc1cccc(C2/C(=C(/O)c3ccc4c(c3)OCCO4)C(=O)C(=O)N2c2ccc(F)cc2)c1. The summed E-state index contributed by atoms with van der Waals surface area (Å²) >= 11 is 0. The molecule has 3 aromatic carbocycles. The Hall–Kier alpha value is -4.33. The van der Waals surface area contributed by atoms with Crippen molar-refractivity contribution in [1.29, 1.82) is 0 Å². The molecule has 172 valence electrons. The van der Waals surface area contributed by atoms with E-state index in [9.17, 15) is 19.1 Å². The number of benzene rings is 3. The van der Waals surface area contributed by atoms with Crippen molar-refractivity contribution in [1.82, 2.24) is 0 Å². The largest absolute Gasteiger partial charge is 0.507 e. The van der Waals surface area contributed by atoms with Crippen molar-refractivity contribution in [2.75, 3.05) is 25.2 Å². The van der Waals surface area contributed by atoms with Crippen LogP contribution in [0.2, 0.25) is 0 Å². The first-order valence-corrected chi connectivity index (χ1v) is 10.6. The number of hydrogen-bond acceptors (Lipinski definition) is 6. The van der Waals surface area contributed by atoms with Crippen molar-refractivity contribution in [3.05, 3.63) is 89.2 Å². The second kappa shape index (κ2) is 8.55. The maximum absolute atomic E-state index is 13.6. The Morgan fingerprint density at radius 1 is 1.00 bits per heavy atom. The number of rotatable bonds is 4. The van der Waals surface area contributed by atoms with E-state index in [1.807, 2.05) is 0 Å². The van der Waals surface area contributed by atoms with Gasteiger partial charge in [0.2, 0.25) is 0 Å². The van der Waals surface area contributed by atoms with Gasteiger partial charge in [0.05, 0.1) is 18.7 Å². The monoisotopic (exact) mass is 461 g/mol. The van der Waals surface area contributed by atoms with Crippen LogP contribution in [0.15, 0.2) is 72.3 Å². The van der Waals surface area contributed by atoms with Gasteiger partial charge in [-0.05, 0) is 60.2 Å². The summed E-state index contributed by atoms with van der Waals surface area (Å²) < 4.78 is 30.0. The Balaban J connectivity index is 1.70. The number of aliphatic hydroxyl groups is 1. The molecule has 2 aliphatic rings. The molecule has 1 unspecified atom stereocenters. The summed E-state index contributed by atoms with van der Waals surface area (Å²) in [5, 5.41) is 11.3. The zero-order valence-electron chi connectivity index (χ0n) is 18.2. The average molecular weight is 461 g/mol. The third-order valence-corrected chi connectivity index (χ3v) is 5.77. The van der Waals surface area contributed by atoms with E-state index < -0.39 is 23.5 Å². The first-order valence-electron chi connectivity index (χ1n) is 10.6. The molecule has 7 nitrogen and oxygen atoms in total. The van der Waals surface area contributed by atoms with Crippen molar-refractivity contribution in [3.63, 3.8) is 0 Å². The second-order valence-corrected chi connectivity index (χ2v) is 7.78. The van der Waals surface area contributed by atoms with E-state index in [1.165, 1.54) is 36.3 Å². The lowest BCUT2D eigenvalue weighted by atomic mass is 9.94. The van der Waals surface area contributed by atoms with Gasteiger partial charge in [0.15, 0.2) is 11.5 Å². The van der Waals surface area contributed by atoms with E-state index in [0.717, 1.165) is 0 Å². The van der Waals surface area contributed by atoms with Crippen LogP contribution in [0.3, 0.4) is 0 Å². The number of ketones is 1. The van der Waals surface area contributed by atoms with Gasteiger partial charge >= 0.3 is 0 Å². The minimum absolute atomic E-state index is 0.0979. The van der Waals surface area contributed by atoms with Crippen LogP contribution in [-0.4, -0.2) is 37.1 Å². The number of carbonyl (C=O) groups excluding carboxylic acids is 2. The van der Waals surface area contributed by atoms with Crippen molar-refractivity contribution in [2.24, 2.45) is 0 Å². The summed E-state index contributed by atoms with van der Waals surface area (Å²) in [6.45, 7) is 0.771. The van der Waals surface area contributed by atoms with Crippen molar-refractivity contribution in [3.8, 4) is 17.2 Å². The number of Topliss-reactive ketones (excluding diaryl/α,β-unsaturated/α-hetero) is 1. The Labute approximate surface area is 194 Å². The number of ether oxygens (including phenoxy) is 3. The number of hydrogen-bond donors (Lipinski definition) is 1. The van der Waals surface area contributed by atoms with Crippen molar-refractivity contribution < 1.29 is 33.3 Å². The van der Waals surface area contributed by atoms with Crippen LogP contribution in [0.1, 0.15) is 17.2 Å². The van der Waals surface area contributed by atoms with Crippen LogP contribution in [0.25, 0.3) is 5.76 Å². The van der Waals surface area contributed by atoms with Gasteiger partial charge in [0.1, 0.15) is 30.5 Å². The Morgan fingerprint density at radius 2 is 1.74 bits per heavy atom. The highest BCUT2D eigenvalue weighted by Gasteiger charge is 2.47. The molecule has 0 bridgehead atoms. The van der Waals surface area contributed by atoms with E-state index in [2.05, 4.69) is 0 Å². The van der Waals surface area contributed by atoms with Crippen LogP contribution in [0, 0.1) is 5.82 Å². The molecule has 0 saturated carbocycles. The zero-order chi connectivity index (χ0) is 23.8. The normalized spacial score (nSPS) is 18.8. The standard InChI is InChI=1S/C26H20FNO6/c1-32-19-4-2-3-15(13-19)23-22(24(29)16-5-10-20-21(14-16)34-12-11-33-20)25(30)26(31)28(23)18-8-6-17(27)7-9-18/h2-10,13-14,23,29H,11-12H2,1H3/b24-22-. The summed E-state index contributed by atoms with van der Waals surface area (Å²) in [7, 11) is 1.51. The van der Waals surface area contributed by atoms with Crippen LogP contribution < -0.4 is 19.1 Å². The minimum Gasteiger partial charge on any atom is -0.507 e. The molecule has 1 N–H and O–H groups in total. The molecule has 0 spiro atoms. The molecule has 1 amide bonds. The van der Waals surface area contributed by atoms with Gasteiger partial charge in [-0.1, -0.05) is 12.1 Å². The molecule has 5 rings (SSSR count). The number of halogens is 1. The smallest absolute Gasteiger partial charge is 0.300 e.